The number of likely N-dealkylation sites (tertiary alicyclic amines) is 1. The van der Waals surface area contributed by atoms with Crippen LogP contribution in [0, 0.1) is 0 Å². The second-order valence-electron chi connectivity index (χ2n) is 5.98. The Morgan fingerprint density at radius 3 is 2.92 bits per heavy atom. The van der Waals surface area contributed by atoms with Gasteiger partial charge in [0.15, 0.2) is 0 Å². The highest BCUT2D eigenvalue weighted by Crippen LogP contribution is 2.23. The van der Waals surface area contributed by atoms with Crippen LogP contribution in [-0.2, 0) is 4.79 Å². The summed E-state index contributed by atoms with van der Waals surface area (Å²) >= 11 is 0. The van der Waals surface area contributed by atoms with Crippen molar-refractivity contribution in [1.29, 1.82) is 0 Å². The first-order valence-corrected chi connectivity index (χ1v) is 8.14. The monoisotopic (exact) mass is 328 g/mol. The van der Waals surface area contributed by atoms with Gasteiger partial charge in [0.25, 0.3) is 5.91 Å². The maximum atomic E-state index is 12.9. The van der Waals surface area contributed by atoms with Crippen LogP contribution in [-0.4, -0.2) is 49.5 Å². The fourth-order valence-electron chi connectivity index (χ4n) is 3.15. The number of aromatic nitrogens is 3. The number of hydrogen-bond acceptors (Lipinski definition) is 4. The summed E-state index contributed by atoms with van der Waals surface area (Å²) in [5, 5.41) is 16.6. The van der Waals surface area contributed by atoms with Crippen LogP contribution in [0.4, 0.5) is 0 Å². The standard InChI is InChI=1S/C17H20N4O3/c22-16(23)8-7-14-5-1-2-10-20(14)17(24)13-4-3-6-15(12-13)21-11-9-18-19-21/h3-4,6,9,11-12,14H,1-2,5,7-8,10H2,(H,22,23)/t14-/m0/s1. The van der Waals surface area contributed by atoms with E-state index in [1.165, 1.54) is 0 Å². The molecule has 1 aliphatic rings. The predicted octanol–water partition coefficient (Wildman–Crippen LogP) is 2.13. The average molecular weight is 328 g/mol. The predicted molar refractivity (Wildman–Crippen MR) is 86.9 cm³/mol. The molecule has 3 rings (SSSR count). The Hall–Kier alpha value is -2.70. The van der Waals surface area contributed by atoms with Crippen LogP contribution in [0.3, 0.4) is 0 Å². The Labute approximate surface area is 139 Å². The lowest BCUT2D eigenvalue weighted by Crippen LogP contribution is -2.44. The molecule has 0 aliphatic carbocycles. The molecule has 1 N–H and O–H groups in total. The topological polar surface area (TPSA) is 88.3 Å². The highest BCUT2D eigenvalue weighted by atomic mass is 16.4. The van der Waals surface area contributed by atoms with Crippen molar-refractivity contribution in [2.45, 2.75) is 38.1 Å². The van der Waals surface area contributed by atoms with E-state index in [0.717, 1.165) is 24.9 Å². The van der Waals surface area contributed by atoms with Gasteiger partial charge in [0, 0.05) is 24.6 Å². The summed E-state index contributed by atoms with van der Waals surface area (Å²) in [6.45, 7) is 0.677. The number of nitrogens with zero attached hydrogens (tertiary/aromatic N) is 4. The number of piperidine rings is 1. The minimum atomic E-state index is -0.818. The van der Waals surface area contributed by atoms with Gasteiger partial charge in [-0.1, -0.05) is 11.3 Å². The molecule has 2 aromatic rings. The van der Waals surface area contributed by atoms with E-state index in [-0.39, 0.29) is 18.4 Å². The Bertz CT molecular complexity index is 714. The molecule has 1 aromatic heterocycles. The van der Waals surface area contributed by atoms with Crippen molar-refractivity contribution in [2.75, 3.05) is 6.54 Å². The summed E-state index contributed by atoms with van der Waals surface area (Å²) in [6.07, 6.45) is 6.76. The molecule has 1 fully saturated rings. The normalized spacial score (nSPS) is 17.7. The fraction of sp³-hybridized carbons (Fsp3) is 0.412. The van der Waals surface area contributed by atoms with Crippen LogP contribution in [0.15, 0.2) is 36.7 Å². The molecule has 0 spiro atoms. The van der Waals surface area contributed by atoms with Crippen LogP contribution >= 0.6 is 0 Å². The van der Waals surface area contributed by atoms with Crippen LogP contribution in [0.5, 0.6) is 0 Å². The SMILES string of the molecule is O=C(O)CC[C@@H]1CCCCN1C(=O)c1cccc(-n2ccnn2)c1. The van der Waals surface area contributed by atoms with Gasteiger partial charge in [-0.2, -0.15) is 0 Å². The lowest BCUT2D eigenvalue weighted by atomic mass is 9.97. The van der Waals surface area contributed by atoms with Crippen LogP contribution in [0.2, 0.25) is 0 Å². The fourth-order valence-corrected chi connectivity index (χ4v) is 3.15. The molecule has 7 nitrogen and oxygen atoms in total. The van der Waals surface area contributed by atoms with Gasteiger partial charge in [0.1, 0.15) is 0 Å². The molecule has 0 unspecified atom stereocenters. The third kappa shape index (κ3) is 3.61. The minimum absolute atomic E-state index is 0.00243. The third-order valence-electron chi connectivity index (χ3n) is 4.36. The third-order valence-corrected chi connectivity index (χ3v) is 4.36. The number of carboxylic acids is 1. The zero-order chi connectivity index (χ0) is 16.9. The Morgan fingerprint density at radius 1 is 1.29 bits per heavy atom. The summed E-state index contributed by atoms with van der Waals surface area (Å²) < 4.78 is 1.61. The number of carbonyl (C=O) groups is 2. The smallest absolute Gasteiger partial charge is 0.303 e. The van der Waals surface area contributed by atoms with Gasteiger partial charge < -0.3 is 10.0 Å². The minimum Gasteiger partial charge on any atom is -0.481 e. The van der Waals surface area contributed by atoms with Gasteiger partial charge in [-0.15, -0.1) is 5.10 Å². The van der Waals surface area contributed by atoms with Gasteiger partial charge in [-0.3, -0.25) is 9.59 Å². The molecule has 126 valence electrons. The molecule has 0 bridgehead atoms. The van der Waals surface area contributed by atoms with Crippen molar-refractivity contribution < 1.29 is 14.7 Å². The van der Waals surface area contributed by atoms with Gasteiger partial charge in [-0.05, 0) is 43.9 Å². The van der Waals surface area contributed by atoms with Crippen molar-refractivity contribution in [3.05, 3.63) is 42.2 Å². The maximum absolute atomic E-state index is 12.9. The molecule has 0 saturated carbocycles. The first-order valence-electron chi connectivity index (χ1n) is 8.14. The van der Waals surface area contributed by atoms with Crippen molar-refractivity contribution in [1.82, 2.24) is 19.9 Å². The number of benzene rings is 1. The quantitative estimate of drug-likeness (QED) is 0.908. The zero-order valence-electron chi connectivity index (χ0n) is 13.3. The van der Waals surface area contributed by atoms with E-state index in [1.54, 1.807) is 29.2 Å². The van der Waals surface area contributed by atoms with Crippen molar-refractivity contribution in [2.24, 2.45) is 0 Å². The molecular formula is C17H20N4O3. The summed E-state index contributed by atoms with van der Waals surface area (Å²) in [6, 6.07) is 7.26. The lowest BCUT2D eigenvalue weighted by molar-refractivity contribution is -0.137. The number of rotatable bonds is 5. The number of carboxylic acid groups (broad SMARTS) is 1. The van der Waals surface area contributed by atoms with Crippen LogP contribution in [0.25, 0.3) is 5.69 Å². The van der Waals surface area contributed by atoms with Gasteiger partial charge in [-0.25, -0.2) is 4.68 Å². The summed E-state index contributed by atoms with van der Waals surface area (Å²) in [7, 11) is 0. The number of amides is 1. The average Bonchev–Trinajstić information content (AvgIpc) is 3.14. The van der Waals surface area contributed by atoms with Gasteiger partial charge in [0.2, 0.25) is 0 Å². The van der Waals surface area contributed by atoms with Crippen molar-refractivity contribution >= 4 is 11.9 Å². The second-order valence-corrected chi connectivity index (χ2v) is 5.98. The van der Waals surface area contributed by atoms with E-state index < -0.39 is 5.97 Å². The maximum Gasteiger partial charge on any atom is 0.303 e. The molecule has 1 aliphatic heterocycles. The molecule has 1 amide bonds. The Morgan fingerprint density at radius 2 is 2.17 bits per heavy atom. The largest absolute Gasteiger partial charge is 0.481 e. The molecule has 1 saturated heterocycles. The van der Waals surface area contributed by atoms with Crippen LogP contribution < -0.4 is 0 Å². The molecule has 1 atom stereocenters. The van der Waals surface area contributed by atoms with E-state index >= 15 is 0 Å². The summed E-state index contributed by atoms with van der Waals surface area (Å²) in [5.41, 5.74) is 1.36. The molecular weight excluding hydrogens is 308 g/mol. The van der Waals surface area contributed by atoms with E-state index in [0.29, 0.717) is 18.5 Å². The molecule has 24 heavy (non-hydrogen) atoms. The summed E-state index contributed by atoms with van der Waals surface area (Å²) in [4.78, 5) is 25.6. The number of hydrogen-bond donors (Lipinski definition) is 1. The number of carbonyl (C=O) groups excluding carboxylic acids is 1. The van der Waals surface area contributed by atoms with E-state index in [4.69, 9.17) is 5.11 Å². The molecule has 2 heterocycles. The van der Waals surface area contributed by atoms with Crippen molar-refractivity contribution in [3.8, 4) is 5.69 Å². The zero-order valence-corrected chi connectivity index (χ0v) is 13.3. The Balaban J connectivity index is 1.79. The first kappa shape index (κ1) is 16.2. The second kappa shape index (κ2) is 7.25. The number of aliphatic carboxylic acids is 1. The summed E-state index contributed by atoms with van der Waals surface area (Å²) in [5.74, 6) is -0.867. The van der Waals surface area contributed by atoms with Gasteiger partial charge >= 0.3 is 5.97 Å². The van der Waals surface area contributed by atoms with E-state index in [1.807, 2.05) is 17.0 Å². The Kier molecular flexibility index (Phi) is 4.88. The van der Waals surface area contributed by atoms with Crippen LogP contribution in [0.1, 0.15) is 42.5 Å². The van der Waals surface area contributed by atoms with Gasteiger partial charge in [0.05, 0.1) is 18.1 Å². The lowest BCUT2D eigenvalue weighted by Gasteiger charge is -2.35. The highest BCUT2D eigenvalue weighted by molar-refractivity contribution is 5.95. The molecule has 0 radical (unpaired) electrons. The first-order chi connectivity index (χ1) is 11.6. The highest BCUT2D eigenvalue weighted by Gasteiger charge is 2.27. The van der Waals surface area contributed by atoms with Crippen molar-refractivity contribution in [3.63, 3.8) is 0 Å². The van der Waals surface area contributed by atoms with E-state index in [2.05, 4.69) is 10.3 Å². The molecule has 1 aromatic carbocycles. The molecule has 7 heteroatoms. The van der Waals surface area contributed by atoms with E-state index in [9.17, 15) is 9.59 Å².